The molecule has 3 N–H and O–H groups in total. The molecule has 1 aliphatic heterocycles. The molecular weight excluding hydrogens is 306 g/mol. The zero-order valence-corrected chi connectivity index (χ0v) is 13.1. The largest absolute Gasteiger partial charge is 0.507 e. The minimum Gasteiger partial charge on any atom is -0.507 e. The van der Waals surface area contributed by atoms with E-state index in [1.54, 1.807) is 30.3 Å². The highest BCUT2D eigenvalue weighted by atomic mass is 16.3. The third kappa shape index (κ3) is 3.32. The maximum Gasteiger partial charge on any atom is 0.255 e. The number of carbonyl (C=O) groups excluding carboxylic acids is 1. The first-order chi connectivity index (χ1) is 11.7. The molecule has 0 fully saturated rings. The maximum atomic E-state index is 12.1. The number of amides is 1. The van der Waals surface area contributed by atoms with E-state index in [0.717, 1.165) is 12.4 Å². The molecule has 0 atom stereocenters. The van der Waals surface area contributed by atoms with Crippen molar-refractivity contribution < 1.29 is 15.0 Å². The Morgan fingerprint density at radius 2 is 1.79 bits per heavy atom. The van der Waals surface area contributed by atoms with E-state index in [1.165, 1.54) is 6.07 Å². The molecule has 1 aliphatic rings. The van der Waals surface area contributed by atoms with Gasteiger partial charge in [-0.3, -0.25) is 9.79 Å². The quantitative estimate of drug-likeness (QED) is 0.779. The molecular formula is C18H19N3O3. The standard InChI is InChI=1S/C18H19N3O3/c22-15-7-3-1-5-13(15)17-19-9-11-21(17)12-10-20-18(24)14-6-2-4-8-16(14)23/h1-8,22-23H,9-12H2,(H,20,24). The first-order valence-corrected chi connectivity index (χ1v) is 7.81. The summed E-state index contributed by atoms with van der Waals surface area (Å²) in [5, 5.41) is 22.5. The van der Waals surface area contributed by atoms with E-state index in [2.05, 4.69) is 10.3 Å². The topological polar surface area (TPSA) is 85.2 Å². The second kappa shape index (κ2) is 7.04. The Labute approximate surface area is 140 Å². The lowest BCUT2D eigenvalue weighted by atomic mass is 10.1. The van der Waals surface area contributed by atoms with E-state index >= 15 is 0 Å². The number of phenols is 2. The Kier molecular flexibility index (Phi) is 4.65. The molecule has 2 aromatic rings. The number of nitrogens with one attached hydrogen (secondary N) is 1. The molecule has 1 amide bonds. The van der Waals surface area contributed by atoms with Crippen LogP contribution in [0.1, 0.15) is 15.9 Å². The summed E-state index contributed by atoms with van der Waals surface area (Å²) >= 11 is 0. The van der Waals surface area contributed by atoms with Crippen molar-refractivity contribution in [2.45, 2.75) is 0 Å². The molecule has 0 aromatic heterocycles. The predicted octanol–water partition coefficient (Wildman–Crippen LogP) is 1.59. The van der Waals surface area contributed by atoms with Gasteiger partial charge in [0.15, 0.2) is 0 Å². The van der Waals surface area contributed by atoms with Crippen molar-refractivity contribution in [3.63, 3.8) is 0 Å². The molecule has 0 saturated carbocycles. The number of rotatable bonds is 5. The minimum absolute atomic E-state index is 0.0346. The van der Waals surface area contributed by atoms with Crippen LogP contribution in [0, 0.1) is 0 Å². The molecule has 0 radical (unpaired) electrons. The summed E-state index contributed by atoms with van der Waals surface area (Å²) in [4.78, 5) is 18.6. The van der Waals surface area contributed by atoms with Gasteiger partial charge in [-0.1, -0.05) is 24.3 Å². The van der Waals surface area contributed by atoms with Gasteiger partial charge in [0.2, 0.25) is 0 Å². The van der Waals surface area contributed by atoms with Gasteiger partial charge < -0.3 is 20.4 Å². The van der Waals surface area contributed by atoms with Crippen LogP contribution in [0.25, 0.3) is 0 Å². The summed E-state index contributed by atoms with van der Waals surface area (Å²) in [6.45, 7) is 2.40. The lowest BCUT2D eigenvalue weighted by Crippen LogP contribution is -2.37. The third-order valence-electron chi connectivity index (χ3n) is 3.89. The Hall–Kier alpha value is -3.02. The maximum absolute atomic E-state index is 12.1. The van der Waals surface area contributed by atoms with Crippen LogP contribution in [0.2, 0.25) is 0 Å². The van der Waals surface area contributed by atoms with Crippen LogP contribution in [0.3, 0.4) is 0 Å². The van der Waals surface area contributed by atoms with Crippen LogP contribution in [0.4, 0.5) is 0 Å². The number of hydrogen-bond acceptors (Lipinski definition) is 5. The third-order valence-corrected chi connectivity index (χ3v) is 3.89. The number of aromatic hydroxyl groups is 2. The average molecular weight is 325 g/mol. The monoisotopic (exact) mass is 325 g/mol. The smallest absolute Gasteiger partial charge is 0.255 e. The summed E-state index contributed by atoms with van der Waals surface area (Å²) in [7, 11) is 0. The van der Waals surface area contributed by atoms with Crippen LogP contribution < -0.4 is 5.32 Å². The van der Waals surface area contributed by atoms with E-state index in [1.807, 2.05) is 17.0 Å². The number of benzene rings is 2. The number of amidine groups is 1. The van der Waals surface area contributed by atoms with E-state index in [-0.39, 0.29) is 23.0 Å². The minimum atomic E-state index is -0.312. The van der Waals surface area contributed by atoms with Gasteiger partial charge in [-0.25, -0.2) is 0 Å². The number of aliphatic imine (C=N–C) groups is 1. The lowest BCUT2D eigenvalue weighted by Gasteiger charge is -2.21. The Morgan fingerprint density at radius 3 is 2.54 bits per heavy atom. The van der Waals surface area contributed by atoms with Gasteiger partial charge in [0.05, 0.1) is 17.7 Å². The zero-order chi connectivity index (χ0) is 16.9. The zero-order valence-electron chi connectivity index (χ0n) is 13.1. The molecule has 1 heterocycles. The van der Waals surface area contributed by atoms with Crippen LogP contribution in [-0.2, 0) is 0 Å². The van der Waals surface area contributed by atoms with Crippen molar-refractivity contribution in [2.75, 3.05) is 26.2 Å². The molecule has 24 heavy (non-hydrogen) atoms. The highest BCUT2D eigenvalue weighted by Crippen LogP contribution is 2.20. The first kappa shape index (κ1) is 15.9. The van der Waals surface area contributed by atoms with E-state index in [0.29, 0.717) is 25.2 Å². The molecule has 0 unspecified atom stereocenters. The van der Waals surface area contributed by atoms with Crippen molar-refractivity contribution in [1.82, 2.24) is 10.2 Å². The van der Waals surface area contributed by atoms with Crippen LogP contribution in [0.5, 0.6) is 11.5 Å². The summed E-state index contributed by atoms with van der Waals surface area (Å²) in [5.41, 5.74) is 0.954. The molecule has 0 aliphatic carbocycles. The highest BCUT2D eigenvalue weighted by Gasteiger charge is 2.20. The molecule has 0 bridgehead atoms. The summed E-state index contributed by atoms with van der Waals surface area (Å²) in [6, 6.07) is 13.5. The summed E-state index contributed by atoms with van der Waals surface area (Å²) < 4.78 is 0. The fourth-order valence-electron chi connectivity index (χ4n) is 2.68. The molecule has 6 heteroatoms. The van der Waals surface area contributed by atoms with Crippen LogP contribution in [-0.4, -0.2) is 53.0 Å². The number of hydrogen-bond donors (Lipinski definition) is 3. The molecule has 0 saturated heterocycles. The van der Waals surface area contributed by atoms with Crippen molar-refractivity contribution in [2.24, 2.45) is 4.99 Å². The molecule has 0 spiro atoms. The molecule has 2 aromatic carbocycles. The summed E-state index contributed by atoms with van der Waals surface area (Å²) in [5.74, 6) is 0.590. The number of nitrogens with zero attached hydrogens (tertiary/aromatic N) is 2. The van der Waals surface area contributed by atoms with Gasteiger partial charge >= 0.3 is 0 Å². The van der Waals surface area contributed by atoms with Crippen LogP contribution in [0.15, 0.2) is 53.5 Å². The molecule has 124 valence electrons. The van der Waals surface area contributed by atoms with Crippen molar-refractivity contribution >= 4 is 11.7 Å². The van der Waals surface area contributed by atoms with E-state index in [9.17, 15) is 15.0 Å². The molecule has 3 rings (SSSR count). The van der Waals surface area contributed by atoms with Gasteiger partial charge in [-0.05, 0) is 24.3 Å². The number of phenolic OH excluding ortho intramolecular Hbond substituents is 2. The Bertz CT molecular complexity index is 774. The fraction of sp³-hybridized carbons (Fsp3) is 0.222. The number of para-hydroxylation sites is 2. The van der Waals surface area contributed by atoms with Crippen molar-refractivity contribution in [3.8, 4) is 11.5 Å². The van der Waals surface area contributed by atoms with Gasteiger partial charge in [-0.2, -0.15) is 0 Å². The molecule has 6 nitrogen and oxygen atoms in total. The van der Waals surface area contributed by atoms with Crippen molar-refractivity contribution in [1.29, 1.82) is 0 Å². The number of carbonyl (C=O) groups is 1. The average Bonchev–Trinajstić information content (AvgIpc) is 3.04. The fourth-order valence-corrected chi connectivity index (χ4v) is 2.68. The normalized spacial score (nSPS) is 13.7. The van der Waals surface area contributed by atoms with Gasteiger partial charge in [0, 0.05) is 19.6 Å². The second-order valence-corrected chi connectivity index (χ2v) is 5.48. The van der Waals surface area contributed by atoms with E-state index < -0.39 is 0 Å². The van der Waals surface area contributed by atoms with Crippen molar-refractivity contribution in [3.05, 3.63) is 59.7 Å². The van der Waals surface area contributed by atoms with Gasteiger partial charge in [0.25, 0.3) is 5.91 Å². The highest BCUT2D eigenvalue weighted by molar-refractivity contribution is 6.02. The van der Waals surface area contributed by atoms with Gasteiger partial charge in [-0.15, -0.1) is 0 Å². The van der Waals surface area contributed by atoms with Gasteiger partial charge in [0.1, 0.15) is 17.3 Å². The summed E-state index contributed by atoms with van der Waals surface area (Å²) in [6.07, 6.45) is 0. The second-order valence-electron chi connectivity index (χ2n) is 5.48. The Morgan fingerprint density at radius 1 is 1.08 bits per heavy atom. The van der Waals surface area contributed by atoms with E-state index in [4.69, 9.17) is 0 Å². The predicted molar refractivity (Wildman–Crippen MR) is 91.5 cm³/mol. The van der Waals surface area contributed by atoms with Crippen LogP contribution >= 0.6 is 0 Å². The SMILES string of the molecule is O=C(NCCN1CCN=C1c1ccccc1O)c1ccccc1O. The first-order valence-electron chi connectivity index (χ1n) is 7.81. The Balaban J connectivity index is 1.59. The lowest BCUT2D eigenvalue weighted by molar-refractivity contribution is 0.0949.